The van der Waals surface area contributed by atoms with E-state index in [2.05, 4.69) is 4.90 Å². The molecule has 104 valence electrons. The minimum absolute atomic E-state index is 0.381. The smallest absolute Gasteiger partial charge is 0.335 e. The summed E-state index contributed by atoms with van der Waals surface area (Å²) < 4.78 is 5.09. The van der Waals surface area contributed by atoms with Gasteiger partial charge in [-0.1, -0.05) is 12.1 Å². The van der Waals surface area contributed by atoms with E-state index >= 15 is 0 Å². The summed E-state index contributed by atoms with van der Waals surface area (Å²) in [7, 11) is 1.73. The maximum atomic E-state index is 10.9. The average Bonchev–Trinajstić information content (AvgIpc) is 2.84. The largest absolute Gasteiger partial charge is 0.478 e. The van der Waals surface area contributed by atoms with Crippen LogP contribution in [-0.2, 0) is 11.2 Å². The van der Waals surface area contributed by atoms with Gasteiger partial charge >= 0.3 is 5.97 Å². The molecule has 1 atom stereocenters. The van der Waals surface area contributed by atoms with E-state index in [1.165, 1.54) is 6.42 Å². The van der Waals surface area contributed by atoms with Gasteiger partial charge in [-0.25, -0.2) is 4.79 Å². The van der Waals surface area contributed by atoms with Crippen molar-refractivity contribution in [2.24, 2.45) is 5.92 Å². The van der Waals surface area contributed by atoms with E-state index in [0.29, 0.717) is 11.5 Å². The number of nitrogens with zero attached hydrogens (tertiary/aromatic N) is 1. The highest BCUT2D eigenvalue weighted by molar-refractivity contribution is 5.87. The molecule has 1 heterocycles. The molecule has 19 heavy (non-hydrogen) atoms. The highest BCUT2D eigenvalue weighted by atomic mass is 16.5. The molecule has 2 rings (SSSR count). The quantitative estimate of drug-likeness (QED) is 0.851. The van der Waals surface area contributed by atoms with Gasteiger partial charge in [0.25, 0.3) is 0 Å². The molecule has 0 bridgehead atoms. The van der Waals surface area contributed by atoms with Crippen LogP contribution in [0.1, 0.15) is 22.3 Å². The van der Waals surface area contributed by atoms with Crippen molar-refractivity contribution in [3.05, 3.63) is 35.4 Å². The molecule has 1 N–H and O–H groups in total. The van der Waals surface area contributed by atoms with E-state index in [1.807, 2.05) is 12.1 Å². The molecular formula is C15H21NO3. The highest BCUT2D eigenvalue weighted by Gasteiger charge is 2.22. The lowest BCUT2D eigenvalue weighted by Gasteiger charge is -2.15. The van der Waals surface area contributed by atoms with Crippen LogP contribution >= 0.6 is 0 Å². The van der Waals surface area contributed by atoms with Gasteiger partial charge in [-0.05, 0) is 43.0 Å². The van der Waals surface area contributed by atoms with Crippen molar-refractivity contribution in [1.29, 1.82) is 0 Å². The first-order valence-corrected chi connectivity index (χ1v) is 6.72. The third-order valence-corrected chi connectivity index (χ3v) is 3.68. The zero-order chi connectivity index (χ0) is 13.7. The molecule has 0 spiro atoms. The molecule has 1 aromatic carbocycles. The SMILES string of the molecule is COCCN1CC[C@H](Cc2cccc(C(=O)O)c2)C1. The van der Waals surface area contributed by atoms with Crippen LogP contribution < -0.4 is 0 Å². The summed E-state index contributed by atoms with van der Waals surface area (Å²) >= 11 is 0. The fourth-order valence-electron chi connectivity index (χ4n) is 2.67. The van der Waals surface area contributed by atoms with Crippen molar-refractivity contribution in [2.75, 3.05) is 33.4 Å². The second kappa shape index (κ2) is 6.68. The number of likely N-dealkylation sites (tertiary alicyclic amines) is 1. The molecular weight excluding hydrogens is 242 g/mol. The Morgan fingerprint density at radius 2 is 2.37 bits per heavy atom. The van der Waals surface area contributed by atoms with Crippen LogP contribution in [-0.4, -0.2) is 49.3 Å². The minimum atomic E-state index is -0.852. The topological polar surface area (TPSA) is 49.8 Å². The second-order valence-corrected chi connectivity index (χ2v) is 5.16. The first kappa shape index (κ1) is 14.0. The summed E-state index contributed by atoms with van der Waals surface area (Å²) in [6.07, 6.45) is 2.14. The van der Waals surface area contributed by atoms with Gasteiger partial charge < -0.3 is 14.7 Å². The average molecular weight is 263 g/mol. The Kier molecular flexibility index (Phi) is 4.93. The number of hydrogen-bond donors (Lipinski definition) is 1. The number of rotatable bonds is 6. The summed E-state index contributed by atoms with van der Waals surface area (Å²) in [6, 6.07) is 7.28. The molecule has 0 unspecified atom stereocenters. The summed E-state index contributed by atoms with van der Waals surface area (Å²) in [5.74, 6) is -0.226. The van der Waals surface area contributed by atoms with Crippen LogP contribution in [0.25, 0.3) is 0 Å². The Morgan fingerprint density at radius 3 is 3.11 bits per heavy atom. The van der Waals surface area contributed by atoms with Crippen molar-refractivity contribution < 1.29 is 14.6 Å². The van der Waals surface area contributed by atoms with Crippen molar-refractivity contribution in [1.82, 2.24) is 4.90 Å². The number of carboxylic acids is 1. The molecule has 1 aliphatic heterocycles. The van der Waals surface area contributed by atoms with Crippen LogP contribution in [0.3, 0.4) is 0 Å². The molecule has 0 amide bonds. The lowest BCUT2D eigenvalue weighted by Crippen LogP contribution is -2.25. The maximum absolute atomic E-state index is 10.9. The van der Waals surface area contributed by atoms with Crippen LogP contribution in [0.15, 0.2) is 24.3 Å². The van der Waals surface area contributed by atoms with Gasteiger partial charge in [0.1, 0.15) is 0 Å². The molecule has 1 aromatic rings. The fourth-order valence-corrected chi connectivity index (χ4v) is 2.67. The number of aromatic carboxylic acids is 1. The van der Waals surface area contributed by atoms with Crippen molar-refractivity contribution in [3.63, 3.8) is 0 Å². The zero-order valence-electron chi connectivity index (χ0n) is 11.3. The molecule has 1 fully saturated rings. The molecule has 1 aliphatic rings. The number of methoxy groups -OCH3 is 1. The fraction of sp³-hybridized carbons (Fsp3) is 0.533. The number of carboxylic acid groups (broad SMARTS) is 1. The third-order valence-electron chi connectivity index (χ3n) is 3.68. The standard InChI is InChI=1S/C15H21NO3/c1-19-8-7-16-6-5-13(11-16)9-12-3-2-4-14(10-12)15(17)18/h2-4,10,13H,5-9,11H2,1H3,(H,17,18)/t13-/m1/s1. The molecule has 0 radical (unpaired) electrons. The molecule has 0 saturated carbocycles. The number of hydrogen-bond acceptors (Lipinski definition) is 3. The summed E-state index contributed by atoms with van der Waals surface area (Å²) in [6.45, 7) is 3.97. The first-order chi connectivity index (χ1) is 9.19. The zero-order valence-corrected chi connectivity index (χ0v) is 11.3. The van der Waals surface area contributed by atoms with Crippen molar-refractivity contribution in [3.8, 4) is 0 Å². The van der Waals surface area contributed by atoms with Gasteiger partial charge in [-0.3, -0.25) is 0 Å². The van der Waals surface area contributed by atoms with Crippen LogP contribution in [0.4, 0.5) is 0 Å². The summed E-state index contributed by atoms with van der Waals surface area (Å²) in [5, 5.41) is 8.99. The molecule has 0 aliphatic carbocycles. The maximum Gasteiger partial charge on any atom is 0.335 e. The van der Waals surface area contributed by atoms with Crippen LogP contribution in [0, 0.1) is 5.92 Å². The first-order valence-electron chi connectivity index (χ1n) is 6.72. The lowest BCUT2D eigenvalue weighted by atomic mass is 9.97. The Bertz CT molecular complexity index is 433. The van der Waals surface area contributed by atoms with E-state index in [1.54, 1.807) is 19.2 Å². The molecule has 1 saturated heterocycles. The monoisotopic (exact) mass is 263 g/mol. The predicted molar refractivity (Wildman–Crippen MR) is 73.5 cm³/mol. The summed E-state index contributed by atoms with van der Waals surface area (Å²) in [4.78, 5) is 13.4. The van der Waals surface area contributed by atoms with Crippen molar-refractivity contribution >= 4 is 5.97 Å². The molecule has 0 aromatic heterocycles. The van der Waals surface area contributed by atoms with Crippen molar-refractivity contribution in [2.45, 2.75) is 12.8 Å². The molecule has 4 nitrogen and oxygen atoms in total. The Labute approximate surface area is 114 Å². The van der Waals surface area contributed by atoms with Crippen LogP contribution in [0.5, 0.6) is 0 Å². The van der Waals surface area contributed by atoms with E-state index < -0.39 is 5.97 Å². The minimum Gasteiger partial charge on any atom is -0.478 e. The van der Waals surface area contributed by atoms with E-state index in [0.717, 1.165) is 38.2 Å². The predicted octanol–water partition coefficient (Wildman–Crippen LogP) is 1.90. The van der Waals surface area contributed by atoms with Gasteiger partial charge in [-0.2, -0.15) is 0 Å². The Morgan fingerprint density at radius 1 is 1.53 bits per heavy atom. The van der Waals surface area contributed by atoms with Crippen LogP contribution in [0.2, 0.25) is 0 Å². The van der Waals surface area contributed by atoms with Gasteiger partial charge in [0, 0.05) is 20.2 Å². The number of ether oxygens (including phenoxy) is 1. The lowest BCUT2D eigenvalue weighted by molar-refractivity contribution is 0.0696. The summed E-state index contributed by atoms with van der Waals surface area (Å²) in [5.41, 5.74) is 1.50. The van der Waals surface area contributed by atoms with Gasteiger partial charge in [0.05, 0.1) is 12.2 Å². The van der Waals surface area contributed by atoms with E-state index in [4.69, 9.17) is 9.84 Å². The Balaban J connectivity index is 1.88. The second-order valence-electron chi connectivity index (χ2n) is 5.16. The molecule has 4 heteroatoms. The van der Waals surface area contributed by atoms with E-state index in [9.17, 15) is 4.79 Å². The number of carbonyl (C=O) groups is 1. The normalized spacial score (nSPS) is 19.7. The Hall–Kier alpha value is -1.39. The number of benzene rings is 1. The van der Waals surface area contributed by atoms with Gasteiger partial charge in [-0.15, -0.1) is 0 Å². The van der Waals surface area contributed by atoms with E-state index in [-0.39, 0.29) is 0 Å². The highest BCUT2D eigenvalue weighted by Crippen LogP contribution is 2.21. The van der Waals surface area contributed by atoms with Gasteiger partial charge in [0.15, 0.2) is 0 Å². The van der Waals surface area contributed by atoms with Gasteiger partial charge in [0.2, 0.25) is 0 Å². The third kappa shape index (κ3) is 4.04.